The van der Waals surface area contributed by atoms with Gasteiger partial charge in [-0.3, -0.25) is 9.59 Å². The fourth-order valence-electron chi connectivity index (χ4n) is 7.96. The van der Waals surface area contributed by atoms with Gasteiger partial charge in [0.05, 0.1) is 25.4 Å². The number of nitrogens with one attached hydrogen (secondary N) is 1. The number of carbonyl (C=O) groups excluding carboxylic acids is 2. The molecule has 3 N–H and O–H groups in total. The fraction of sp³-hybridized carbons (Fsp3) is 0.887. The molecule has 59 heavy (non-hydrogen) atoms. The summed E-state index contributed by atoms with van der Waals surface area (Å²) >= 11 is 0. The van der Waals surface area contributed by atoms with Crippen molar-refractivity contribution in [3.8, 4) is 0 Å². The predicted octanol–water partition coefficient (Wildman–Crippen LogP) is 15.5. The smallest absolute Gasteiger partial charge is 0.305 e. The molecule has 6 heteroatoms. The van der Waals surface area contributed by atoms with E-state index in [4.69, 9.17) is 4.74 Å². The number of amides is 1. The lowest BCUT2D eigenvalue weighted by atomic mass is 10.0. The molecule has 0 aromatic carbocycles. The molecule has 2 atom stereocenters. The van der Waals surface area contributed by atoms with Crippen LogP contribution in [0.2, 0.25) is 0 Å². The summed E-state index contributed by atoms with van der Waals surface area (Å²) in [4.78, 5) is 24.4. The Bertz CT molecular complexity index is 920. The van der Waals surface area contributed by atoms with E-state index in [1.807, 2.05) is 0 Å². The van der Waals surface area contributed by atoms with Crippen LogP contribution >= 0.6 is 0 Å². The first-order valence-corrected chi connectivity index (χ1v) is 26.1. The lowest BCUT2D eigenvalue weighted by Crippen LogP contribution is -2.45. The summed E-state index contributed by atoms with van der Waals surface area (Å²) in [5, 5.41) is 23.1. The van der Waals surface area contributed by atoms with Gasteiger partial charge in [-0.15, -0.1) is 0 Å². The van der Waals surface area contributed by atoms with E-state index in [0.717, 1.165) is 51.4 Å². The average Bonchev–Trinajstić information content (AvgIpc) is 3.24. The molecule has 348 valence electrons. The number of esters is 1. The zero-order valence-electron chi connectivity index (χ0n) is 39.5. The van der Waals surface area contributed by atoms with Gasteiger partial charge in [-0.05, 0) is 57.8 Å². The van der Waals surface area contributed by atoms with E-state index in [9.17, 15) is 19.8 Å². The Kier molecular flexibility index (Phi) is 47.6. The van der Waals surface area contributed by atoms with Crippen LogP contribution in [0.1, 0.15) is 277 Å². The quantitative estimate of drug-likeness (QED) is 0.0322. The number of carbonyl (C=O) groups is 2. The topological polar surface area (TPSA) is 95.9 Å². The molecule has 0 saturated heterocycles. The molecule has 0 saturated carbocycles. The summed E-state index contributed by atoms with van der Waals surface area (Å²) in [5.41, 5.74) is 0. The van der Waals surface area contributed by atoms with Gasteiger partial charge in [-0.2, -0.15) is 0 Å². The molecule has 0 bridgehead atoms. The number of unbranched alkanes of at least 4 members (excludes halogenated alkanes) is 33. The number of hydrogen-bond acceptors (Lipinski definition) is 5. The highest BCUT2D eigenvalue weighted by Crippen LogP contribution is 2.16. The zero-order valence-corrected chi connectivity index (χ0v) is 39.5. The Morgan fingerprint density at radius 2 is 0.847 bits per heavy atom. The van der Waals surface area contributed by atoms with Crippen molar-refractivity contribution in [2.24, 2.45) is 0 Å². The summed E-state index contributed by atoms with van der Waals surface area (Å²) in [6.07, 6.45) is 57.3. The number of hydrogen-bond donors (Lipinski definition) is 3. The van der Waals surface area contributed by atoms with Crippen molar-refractivity contribution in [1.29, 1.82) is 0 Å². The normalized spacial score (nSPS) is 12.8. The first-order valence-electron chi connectivity index (χ1n) is 26.1. The van der Waals surface area contributed by atoms with Crippen LogP contribution in [0.25, 0.3) is 0 Å². The molecule has 0 aromatic rings. The van der Waals surface area contributed by atoms with Gasteiger partial charge < -0.3 is 20.3 Å². The van der Waals surface area contributed by atoms with Crippen LogP contribution in [0.4, 0.5) is 0 Å². The first-order chi connectivity index (χ1) is 29.0. The molecule has 0 radical (unpaired) electrons. The second-order valence-corrected chi connectivity index (χ2v) is 17.9. The second kappa shape index (κ2) is 49.0. The summed E-state index contributed by atoms with van der Waals surface area (Å²) in [5.74, 6) is -0.0490. The van der Waals surface area contributed by atoms with E-state index in [0.29, 0.717) is 25.9 Å². The number of allylic oxidation sites excluding steroid dienone is 4. The number of ether oxygens (including phenoxy) is 1. The predicted molar refractivity (Wildman–Crippen MR) is 255 cm³/mol. The van der Waals surface area contributed by atoms with Crippen molar-refractivity contribution in [2.75, 3.05) is 13.2 Å². The largest absolute Gasteiger partial charge is 0.466 e. The van der Waals surface area contributed by atoms with Crippen LogP contribution in [-0.2, 0) is 14.3 Å². The maximum atomic E-state index is 12.4. The third-order valence-electron chi connectivity index (χ3n) is 12.0. The zero-order chi connectivity index (χ0) is 43.0. The van der Waals surface area contributed by atoms with E-state index in [1.165, 1.54) is 193 Å². The van der Waals surface area contributed by atoms with Gasteiger partial charge in [-0.1, -0.05) is 231 Å². The van der Waals surface area contributed by atoms with Crippen molar-refractivity contribution < 1.29 is 24.5 Å². The van der Waals surface area contributed by atoms with Gasteiger partial charge >= 0.3 is 5.97 Å². The van der Waals surface area contributed by atoms with Crippen LogP contribution in [-0.4, -0.2) is 47.4 Å². The lowest BCUT2D eigenvalue weighted by molar-refractivity contribution is -0.143. The van der Waals surface area contributed by atoms with Gasteiger partial charge in [0.15, 0.2) is 0 Å². The maximum Gasteiger partial charge on any atom is 0.305 e. The fourth-order valence-corrected chi connectivity index (χ4v) is 7.96. The highest BCUT2D eigenvalue weighted by molar-refractivity contribution is 5.76. The van der Waals surface area contributed by atoms with Crippen molar-refractivity contribution in [2.45, 2.75) is 289 Å². The highest BCUT2D eigenvalue weighted by atomic mass is 16.5. The molecule has 0 rings (SSSR count). The molecule has 0 aliphatic heterocycles. The van der Waals surface area contributed by atoms with E-state index in [1.54, 1.807) is 0 Å². The molecule has 0 fully saturated rings. The standard InChI is InChI=1S/C53H101NO5/c1-3-5-7-9-11-13-14-15-20-24-27-31-35-39-43-47-53(58)59-48-44-40-36-32-28-25-22-19-17-16-18-21-23-26-30-34-38-42-46-52(57)54-50(49-55)51(56)45-41-37-33-29-12-10-8-6-4-2/h11,13,15,20,50-51,55-56H,3-10,12,14,16-19,21-49H2,1-2H3,(H,54,57)/b13-11-,20-15-. The number of rotatable bonds is 48. The first kappa shape index (κ1) is 57.3. The van der Waals surface area contributed by atoms with Crippen LogP contribution in [0.3, 0.4) is 0 Å². The Morgan fingerprint density at radius 3 is 1.32 bits per heavy atom. The molecule has 6 nitrogen and oxygen atoms in total. The van der Waals surface area contributed by atoms with Crippen LogP contribution in [0, 0.1) is 0 Å². The van der Waals surface area contributed by atoms with E-state index < -0.39 is 12.1 Å². The van der Waals surface area contributed by atoms with Crippen molar-refractivity contribution in [3.05, 3.63) is 24.3 Å². The summed E-state index contributed by atoms with van der Waals surface area (Å²) in [7, 11) is 0. The Hall–Kier alpha value is -1.66. The van der Waals surface area contributed by atoms with Gasteiger partial charge in [-0.25, -0.2) is 0 Å². The summed E-state index contributed by atoms with van der Waals surface area (Å²) < 4.78 is 5.46. The molecule has 0 aromatic heterocycles. The minimum Gasteiger partial charge on any atom is -0.466 e. The molecule has 0 heterocycles. The number of aliphatic hydroxyl groups excluding tert-OH is 2. The van der Waals surface area contributed by atoms with Gasteiger partial charge in [0.25, 0.3) is 0 Å². The Balaban J connectivity index is 3.39. The van der Waals surface area contributed by atoms with Gasteiger partial charge in [0, 0.05) is 12.8 Å². The molecule has 1 amide bonds. The van der Waals surface area contributed by atoms with E-state index in [-0.39, 0.29) is 18.5 Å². The van der Waals surface area contributed by atoms with Gasteiger partial charge in [0.2, 0.25) is 5.91 Å². The molecule has 0 spiro atoms. The molecule has 0 aliphatic rings. The van der Waals surface area contributed by atoms with Crippen molar-refractivity contribution in [1.82, 2.24) is 5.32 Å². The van der Waals surface area contributed by atoms with Crippen molar-refractivity contribution in [3.63, 3.8) is 0 Å². The third kappa shape index (κ3) is 45.7. The minimum atomic E-state index is -0.664. The molecule has 0 aliphatic carbocycles. The monoisotopic (exact) mass is 832 g/mol. The molecular weight excluding hydrogens is 731 g/mol. The van der Waals surface area contributed by atoms with Crippen LogP contribution < -0.4 is 5.32 Å². The Labute approximate surface area is 367 Å². The molecule has 2 unspecified atom stereocenters. The van der Waals surface area contributed by atoms with E-state index in [2.05, 4.69) is 43.5 Å². The van der Waals surface area contributed by atoms with E-state index >= 15 is 0 Å². The Morgan fingerprint density at radius 1 is 0.475 bits per heavy atom. The second-order valence-electron chi connectivity index (χ2n) is 17.9. The summed E-state index contributed by atoms with van der Waals surface area (Å²) in [6, 6.07) is -0.542. The maximum absolute atomic E-state index is 12.4. The number of aliphatic hydroxyl groups is 2. The SMILES string of the molecule is CCCCC/C=C\C/C=C\CCCCCCCC(=O)OCCCCCCCCCCCCCCCCCCCCC(=O)NC(CO)C(O)CCCCCCCCCCC. The summed E-state index contributed by atoms with van der Waals surface area (Å²) in [6.45, 7) is 4.89. The van der Waals surface area contributed by atoms with Crippen LogP contribution in [0.15, 0.2) is 24.3 Å². The highest BCUT2D eigenvalue weighted by Gasteiger charge is 2.20. The third-order valence-corrected chi connectivity index (χ3v) is 12.0. The van der Waals surface area contributed by atoms with Gasteiger partial charge in [0.1, 0.15) is 0 Å². The minimum absolute atomic E-state index is 0.00709. The average molecular weight is 832 g/mol. The lowest BCUT2D eigenvalue weighted by Gasteiger charge is -2.22. The van der Waals surface area contributed by atoms with Crippen molar-refractivity contribution >= 4 is 11.9 Å². The van der Waals surface area contributed by atoms with Crippen LogP contribution in [0.5, 0.6) is 0 Å². The molecular formula is C53H101NO5.